The fourth-order valence-corrected chi connectivity index (χ4v) is 4.95. The van der Waals surface area contributed by atoms with Crippen LogP contribution in [0.25, 0.3) is 0 Å². The number of hydrogen-bond donors (Lipinski definition) is 0. The molecule has 0 aromatic heterocycles. The van der Waals surface area contributed by atoms with E-state index in [4.69, 9.17) is 18.9 Å². The van der Waals surface area contributed by atoms with E-state index in [2.05, 4.69) is 12.1 Å². The third kappa shape index (κ3) is 5.05. The monoisotopic (exact) mass is 464 g/mol. The highest BCUT2D eigenvalue weighted by Gasteiger charge is 2.15. The average Bonchev–Trinajstić information content (AvgIpc) is 2.84. The van der Waals surface area contributed by atoms with Crippen LogP contribution in [0.5, 0.6) is 23.0 Å². The number of methoxy groups -OCH3 is 4. The van der Waals surface area contributed by atoms with Gasteiger partial charge in [0.2, 0.25) is 0 Å². The average molecular weight is 465 g/mol. The molecule has 0 aliphatic carbocycles. The summed E-state index contributed by atoms with van der Waals surface area (Å²) in [5.74, 6) is 2.49. The van der Waals surface area contributed by atoms with Gasteiger partial charge in [0.1, 0.15) is 12.1 Å². The van der Waals surface area contributed by atoms with Crippen molar-refractivity contribution in [2.75, 3.05) is 28.4 Å². The Morgan fingerprint density at radius 1 is 0.562 bits per heavy atom. The van der Waals surface area contributed by atoms with E-state index in [1.54, 1.807) is 40.6 Å². The van der Waals surface area contributed by atoms with Crippen LogP contribution >= 0.6 is 23.5 Å². The molecule has 0 heterocycles. The van der Waals surface area contributed by atoms with E-state index in [1.807, 2.05) is 36.4 Å². The van der Waals surface area contributed by atoms with Gasteiger partial charge in [0, 0.05) is 19.6 Å². The van der Waals surface area contributed by atoms with E-state index in [1.165, 1.54) is 23.5 Å². The lowest BCUT2D eigenvalue weighted by molar-refractivity contribution is 0.354. The largest absolute Gasteiger partial charge is 0.493 e. The predicted octanol–water partition coefficient (Wildman–Crippen LogP) is 5.77. The maximum atomic E-state index is 9.51. The van der Waals surface area contributed by atoms with Gasteiger partial charge in [-0.2, -0.15) is 10.5 Å². The van der Waals surface area contributed by atoms with Crippen molar-refractivity contribution in [3.63, 3.8) is 0 Å². The second kappa shape index (κ2) is 10.7. The summed E-state index contributed by atoms with van der Waals surface area (Å²) in [5.41, 5.74) is 0.652. The van der Waals surface area contributed by atoms with Gasteiger partial charge in [-0.1, -0.05) is 23.5 Å². The summed E-state index contributed by atoms with van der Waals surface area (Å²) in [7, 11) is 6.34. The molecule has 162 valence electrons. The van der Waals surface area contributed by atoms with Crippen molar-refractivity contribution < 1.29 is 18.9 Å². The van der Waals surface area contributed by atoms with E-state index >= 15 is 0 Å². The SMILES string of the molecule is COc1ccc(Sc2cc(C#N)c(C#N)cc2Sc2ccc(OC)c(OC)c2)cc1OC. The molecule has 6 nitrogen and oxygen atoms in total. The Balaban J connectivity index is 2.04. The van der Waals surface area contributed by atoms with Crippen molar-refractivity contribution in [2.45, 2.75) is 19.6 Å². The first-order valence-corrected chi connectivity index (χ1v) is 11.0. The van der Waals surface area contributed by atoms with Gasteiger partial charge in [-0.05, 0) is 48.5 Å². The molecule has 0 spiro atoms. The number of nitrogens with zero attached hydrogens (tertiary/aromatic N) is 2. The summed E-state index contributed by atoms with van der Waals surface area (Å²) in [4.78, 5) is 3.50. The van der Waals surface area contributed by atoms with Gasteiger partial charge in [0.15, 0.2) is 23.0 Å². The van der Waals surface area contributed by atoms with Gasteiger partial charge in [0.25, 0.3) is 0 Å². The lowest BCUT2D eigenvalue weighted by atomic mass is 10.1. The molecule has 0 aliphatic heterocycles. The van der Waals surface area contributed by atoms with Gasteiger partial charge >= 0.3 is 0 Å². The summed E-state index contributed by atoms with van der Waals surface area (Å²) in [6.07, 6.45) is 0. The Kier molecular flexibility index (Phi) is 7.77. The first kappa shape index (κ1) is 23.2. The Morgan fingerprint density at radius 2 is 0.938 bits per heavy atom. The molecular weight excluding hydrogens is 444 g/mol. The molecule has 3 aromatic rings. The van der Waals surface area contributed by atoms with Crippen LogP contribution < -0.4 is 18.9 Å². The van der Waals surface area contributed by atoms with Crippen LogP contribution in [-0.4, -0.2) is 28.4 Å². The Morgan fingerprint density at radius 3 is 1.25 bits per heavy atom. The van der Waals surface area contributed by atoms with E-state index in [0.29, 0.717) is 34.1 Å². The van der Waals surface area contributed by atoms with E-state index in [-0.39, 0.29) is 0 Å². The Hall–Kier alpha value is -3.46. The number of nitriles is 2. The predicted molar refractivity (Wildman–Crippen MR) is 123 cm³/mol. The fourth-order valence-electron chi connectivity index (χ4n) is 2.92. The molecule has 3 aromatic carbocycles. The van der Waals surface area contributed by atoms with Crippen molar-refractivity contribution in [1.82, 2.24) is 0 Å². The first-order chi connectivity index (χ1) is 15.6. The van der Waals surface area contributed by atoms with E-state index in [9.17, 15) is 10.5 Å². The zero-order chi connectivity index (χ0) is 23.1. The second-order valence-corrected chi connectivity index (χ2v) is 8.54. The van der Waals surface area contributed by atoms with Crippen LogP contribution in [0.15, 0.2) is 68.1 Å². The van der Waals surface area contributed by atoms with Crippen LogP contribution in [0, 0.1) is 22.7 Å². The number of hydrogen-bond acceptors (Lipinski definition) is 8. The van der Waals surface area contributed by atoms with E-state index in [0.717, 1.165) is 19.6 Å². The molecule has 8 heteroatoms. The highest BCUT2D eigenvalue weighted by molar-refractivity contribution is 8.02. The Bertz CT molecular complexity index is 1120. The zero-order valence-corrected chi connectivity index (χ0v) is 19.6. The van der Waals surface area contributed by atoms with Crippen molar-refractivity contribution in [3.8, 4) is 35.1 Å². The molecule has 0 saturated carbocycles. The molecule has 0 bridgehead atoms. The topological polar surface area (TPSA) is 84.5 Å². The van der Waals surface area contributed by atoms with Crippen molar-refractivity contribution >= 4 is 23.5 Å². The fraction of sp³-hybridized carbons (Fsp3) is 0.167. The van der Waals surface area contributed by atoms with Crippen molar-refractivity contribution in [2.24, 2.45) is 0 Å². The smallest absolute Gasteiger partial charge is 0.161 e. The highest BCUT2D eigenvalue weighted by atomic mass is 32.2. The lowest BCUT2D eigenvalue weighted by Crippen LogP contribution is -1.92. The van der Waals surface area contributed by atoms with Crippen molar-refractivity contribution in [1.29, 1.82) is 10.5 Å². The third-order valence-electron chi connectivity index (χ3n) is 4.49. The maximum absolute atomic E-state index is 9.51. The summed E-state index contributed by atoms with van der Waals surface area (Å²) in [5, 5.41) is 19.0. The van der Waals surface area contributed by atoms with Crippen molar-refractivity contribution in [3.05, 3.63) is 59.7 Å². The van der Waals surface area contributed by atoms with Gasteiger partial charge in [-0.25, -0.2) is 0 Å². The minimum atomic E-state index is 0.326. The number of rotatable bonds is 8. The summed E-state index contributed by atoms with van der Waals surface area (Å²) < 4.78 is 21.4. The van der Waals surface area contributed by atoms with Crippen LogP contribution in [-0.2, 0) is 0 Å². The zero-order valence-electron chi connectivity index (χ0n) is 18.0. The Labute approximate surface area is 195 Å². The molecule has 0 unspecified atom stereocenters. The van der Waals surface area contributed by atoms with Gasteiger partial charge in [0.05, 0.1) is 39.6 Å². The van der Waals surface area contributed by atoms with Crippen LogP contribution in [0.1, 0.15) is 11.1 Å². The van der Waals surface area contributed by atoms with Gasteiger partial charge in [-0.15, -0.1) is 0 Å². The van der Waals surface area contributed by atoms with Gasteiger partial charge < -0.3 is 18.9 Å². The minimum absolute atomic E-state index is 0.326. The third-order valence-corrected chi connectivity index (χ3v) is 6.71. The van der Waals surface area contributed by atoms with Crippen LogP contribution in [0.3, 0.4) is 0 Å². The maximum Gasteiger partial charge on any atom is 0.161 e. The molecule has 0 N–H and O–H groups in total. The van der Waals surface area contributed by atoms with Crippen LogP contribution in [0.2, 0.25) is 0 Å². The molecule has 0 fully saturated rings. The molecule has 32 heavy (non-hydrogen) atoms. The molecule has 0 atom stereocenters. The normalized spacial score (nSPS) is 10.1. The summed E-state index contributed by atoms with van der Waals surface area (Å²) in [6.45, 7) is 0. The van der Waals surface area contributed by atoms with Gasteiger partial charge in [-0.3, -0.25) is 0 Å². The number of ether oxygens (including phenoxy) is 4. The van der Waals surface area contributed by atoms with E-state index < -0.39 is 0 Å². The molecule has 0 aliphatic rings. The lowest BCUT2D eigenvalue weighted by Gasteiger charge is -2.14. The van der Waals surface area contributed by atoms with Crippen LogP contribution in [0.4, 0.5) is 0 Å². The molecule has 0 radical (unpaired) electrons. The molecule has 3 rings (SSSR count). The molecular formula is C24H20N2O4S2. The quantitative estimate of drug-likeness (QED) is 0.416. The highest BCUT2D eigenvalue weighted by Crippen LogP contribution is 2.43. The number of benzene rings is 3. The molecule has 0 amide bonds. The standard InChI is InChI=1S/C24H20N2O4S2/c1-27-19-7-5-17(11-21(19)29-3)31-23-9-15(13-25)16(14-26)10-24(23)32-18-6-8-20(28-2)22(12-18)30-4/h5-12H,1-4H3. The minimum Gasteiger partial charge on any atom is -0.493 e. The molecule has 0 saturated heterocycles. The summed E-state index contributed by atoms with van der Waals surface area (Å²) >= 11 is 2.95. The summed E-state index contributed by atoms with van der Waals surface area (Å²) in [6, 6.07) is 18.9. The second-order valence-electron chi connectivity index (χ2n) is 6.31. The first-order valence-electron chi connectivity index (χ1n) is 9.34.